The Kier molecular flexibility index (Phi) is 7.50. The van der Waals surface area contributed by atoms with Crippen molar-refractivity contribution in [3.8, 4) is 6.07 Å². The largest absolute Gasteiger partial charge is 0.380 e. The van der Waals surface area contributed by atoms with Crippen molar-refractivity contribution in [2.24, 2.45) is 0 Å². The molecule has 15 heavy (non-hydrogen) atoms. The summed E-state index contributed by atoms with van der Waals surface area (Å²) in [5.74, 6) is 0. The third-order valence-electron chi connectivity index (χ3n) is 2.33. The van der Waals surface area contributed by atoms with Crippen molar-refractivity contribution in [2.45, 2.75) is 51.8 Å². The molecule has 0 N–H and O–H groups in total. The van der Waals surface area contributed by atoms with E-state index >= 15 is 0 Å². The molecule has 0 heterocycles. The van der Waals surface area contributed by atoms with Gasteiger partial charge >= 0.3 is 0 Å². The van der Waals surface area contributed by atoms with E-state index < -0.39 is 0 Å². The monoisotopic (exact) mass is 230 g/mol. The van der Waals surface area contributed by atoms with E-state index in [1.54, 1.807) is 7.11 Å². The predicted octanol–water partition coefficient (Wildman–Crippen LogP) is 2.61. The van der Waals surface area contributed by atoms with Crippen LogP contribution in [0.4, 0.5) is 0 Å². The first-order chi connectivity index (χ1) is 7.06. The van der Waals surface area contributed by atoms with Crippen LogP contribution >= 0.6 is 8.61 Å². The van der Waals surface area contributed by atoms with E-state index in [2.05, 4.69) is 6.07 Å². The average molecular weight is 230 g/mol. The van der Waals surface area contributed by atoms with Gasteiger partial charge in [-0.1, -0.05) is 0 Å². The molecule has 0 saturated heterocycles. The second-order valence-corrected chi connectivity index (χ2v) is 4.49. The van der Waals surface area contributed by atoms with Gasteiger partial charge in [0.25, 0.3) is 0 Å². The molecule has 0 aromatic rings. The third kappa shape index (κ3) is 5.22. The quantitative estimate of drug-likeness (QED) is 0.631. The van der Waals surface area contributed by atoms with Crippen molar-refractivity contribution in [1.82, 2.24) is 4.67 Å². The highest BCUT2D eigenvalue weighted by Gasteiger charge is 2.21. The minimum Gasteiger partial charge on any atom is -0.380 e. The highest BCUT2D eigenvalue weighted by molar-refractivity contribution is 7.20. The van der Waals surface area contributed by atoms with Gasteiger partial charge in [-0.05, 0) is 27.2 Å². The first-order valence-electron chi connectivity index (χ1n) is 5.08. The van der Waals surface area contributed by atoms with Crippen LogP contribution in [0, 0.1) is 11.3 Å². The van der Waals surface area contributed by atoms with E-state index in [-0.39, 0.29) is 26.8 Å². The summed E-state index contributed by atoms with van der Waals surface area (Å²) in [4.78, 5) is 0. The lowest BCUT2D eigenvalue weighted by atomic mass is 10.1. The molecule has 86 valence electrons. The summed E-state index contributed by atoms with van der Waals surface area (Å²) < 4.78 is 18.0. The lowest BCUT2D eigenvalue weighted by Gasteiger charge is -2.27. The minimum absolute atomic E-state index is 0.0295. The lowest BCUT2D eigenvalue weighted by molar-refractivity contribution is 0.0792. The summed E-state index contributed by atoms with van der Waals surface area (Å²) in [6.45, 7) is 5.98. The number of methoxy groups -OCH3 is 1. The fraction of sp³-hybridized carbons (Fsp3) is 0.900. The normalized spacial score (nSPS) is 15.5. The van der Waals surface area contributed by atoms with E-state index in [1.165, 1.54) is 0 Å². The molecule has 0 spiro atoms. The molecule has 0 aliphatic heterocycles. The first-order valence-corrected chi connectivity index (χ1v) is 5.84. The molecule has 0 aromatic heterocycles. The molecule has 0 fully saturated rings. The van der Waals surface area contributed by atoms with Crippen LogP contribution in [0.3, 0.4) is 0 Å². The zero-order chi connectivity index (χ0) is 11.8. The Morgan fingerprint density at radius 1 is 1.47 bits per heavy atom. The van der Waals surface area contributed by atoms with Crippen LogP contribution in [-0.4, -0.2) is 30.0 Å². The Labute approximate surface area is 93.5 Å². The fourth-order valence-electron chi connectivity index (χ4n) is 1.54. The van der Waals surface area contributed by atoms with Gasteiger partial charge in [0, 0.05) is 19.2 Å². The number of hydrogen-bond donors (Lipinski definition) is 0. The Morgan fingerprint density at radius 2 is 2.07 bits per heavy atom. The van der Waals surface area contributed by atoms with E-state index in [9.17, 15) is 4.57 Å². The number of ether oxygens (including phenoxy) is 1. The summed E-state index contributed by atoms with van der Waals surface area (Å²) >= 11 is 0. The first kappa shape index (κ1) is 14.5. The number of nitriles is 1. The molecular formula is C10H19N2O2P. The highest BCUT2D eigenvalue weighted by Crippen LogP contribution is 2.20. The van der Waals surface area contributed by atoms with Crippen LogP contribution in [0.25, 0.3) is 0 Å². The van der Waals surface area contributed by atoms with Gasteiger partial charge in [0.2, 0.25) is 8.61 Å². The van der Waals surface area contributed by atoms with Crippen LogP contribution < -0.4 is 0 Å². The molecule has 0 radical (unpaired) electrons. The summed E-state index contributed by atoms with van der Waals surface area (Å²) in [6.07, 6.45) is 1.02. The predicted molar refractivity (Wildman–Crippen MR) is 59.7 cm³/mol. The minimum atomic E-state index is -0.0759. The molecule has 4 nitrogen and oxygen atoms in total. The van der Waals surface area contributed by atoms with Gasteiger partial charge in [-0.25, -0.2) is 4.67 Å². The molecule has 0 rings (SSSR count). The number of rotatable bonds is 7. The van der Waals surface area contributed by atoms with E-state index in [1.807, 2.05) is 25.4 Å². The second-order valence-electron chi connectivity index (χ2n) is 3.86. The Hall–Kier alpha value is -0.490. The van der Waals surface area contributed by atoms with Crippen molar-refractivity contribution < 1.29 is 9.30 Å². The van der Waals surface area contributed by atoms with Gasteiger partial charge in [0.05, 0.1) is 18.6 Å². The molecule has 5 heteroatoms. The van der Waals surface area contributed by atoms with Gasteiger partial charge in [-0.15, -0.1) is 0 Å². The summed E-state index contributed by atoms with van der Waals surface area (Å²) in [5.41, 5.74) is 0. The average Bonchev–Trinajstić information content (AvgIpc) is 2.17. The Balaban J connectivity index is 4.25. The SMILES string of the molecule is COC(CC#N)CC(C)N(P=O)C(C)C. The molecule has 0 aliphatic rings. The van der Waals surface area contributed by atoms with Gasteiger partial charge in [-0.3, -0.25) is 4.57 Å². The lowest BCUT2D eigenvalue weighted by Crippen LogP contribution is -2.33. The Bertz CT molecular complexity index is 228. The van der Waals surface area contributed by atoms with Crippen LogP contribution in [0.5, 0.6) is 0 Å². The molecule has 0 amide bonds. The third-order valence-corrected chi connectivity index (χ3v) is 3.38. The van der Waals surface area contributed by atoms with Gasteiger partial charge in [-0.2, -0.15) is 5.26 Å². The van der Waals surface area contributed by atoms with Gasteiger partial charge < -0.3 is 4.74 Å². The van der Waals surface area contributed by atoms with Crippen molar-refractivity contribution in [1.29, 1.82) is 5.26 Å². The van der Waals surface area contributed by atoms with Crippen molar-refractivity contribution in [2.75, 3.05) is 7.11 Å². The van der Waals surface area contributed by atoms with Crippen molar-refractivity contribution >= 4 is 8.61 Å². The Morgan fingerprint density at radius 3 is 2.40 bits per heavy atom. The maximum atomic E-state index is 10.9. The molecule has 0 saturated carbocycles. The zero-order valence-electron chi connectivity index (χ0n) is 9.80. The second kappa shape index (κ2) is 7.76. The van der Waals surface area contributed by atoms with Crippen molar-refractivity contribution in [3.63, 3.8) is 0 Å². The molecule has 0 bridgehead atoms. The highest BCUT2D eigenvalue weighted by atomic mass is 31.1. The van der Waals surface area contributed by atoms with Gasteiger partial charge in [0.15, 0.2) is 0 Å². The van der Waals surface area contributed by atoms with Crippen LogP contribution in [0.1, 0.15) is 33.6 Å². The van der Waals surface area contributed by atoms with Crippen LogP contribution in [-0.2, 0) is 9.30 Å². The van der Waals surface area contributed by atoms with E-state index in [4.69, 9.17) is 10.00 Å². The van der Waals surface area contributed by atoms with Crippen molar-refractivity contribution in [3.05, 3.63) is 0 Å². The molecule has 2 atom stereocenters. The van der Waals surface area contributed by atoms with E-state index in [0.717, 1.165) is 6.42 Å². The molecule has 0 aliphatic carbocycles. The smallest absolute Gasteiger partial charge is 0.249 e. The maximum Gasteiger partial charge on any atom is 0.249 e. The molecule has 2 unspecified atom stereocenters. The summed E-state index contributed by atoms with van der Waals surface area (Å²) in [7, 11) is 1.63. The summed E-state index contributed by atoms with van der Waals surface area (Å²) in [6, 6.07) is 2.45. The fourth-order valence-corrected chi connectivity index (χ4v) is 1.98. The van der Waals surface area contributed by atoms with Gasteiger partial charge in [0.1, 0.15) is 0 Å². The molecular weight excluding hydrogens is 211 g/mol. The standard InChI is InChI=1S/C10H19N2O2P/c1-8(2)12(15-13)9(3)7-10(14-4)5-6-11/h8-10H,5,7H2,1-4H3. The zero-order valence-corrected chi connectivity index (χ0v) is 10.7. The van der Waals surface area contributed by atoms with Crippen LogP contribution in [0.15, 0.2) is 0 Å². The molecule has 0 aromatic carbocycles. The number of hydrogen-bond acceptors (Lipinski definition) is 3. The van der Waals surface area contributed by atoms with E-state index in [0.29, 0.717) is 6.42 Å². The van der Waals surface area contributed by atoms with Crippen LogP contribution in [0.2, 0.25) is 0 Å². The topological polar surface area (TPSA) is 53.3 Å². The summed E-state index contributed by atoms with van der Waals surface area (Å²) in [5, 5.41) is 8.58. The number of nitrogens with zero attached hydrogens (tertiary/aromatic N) is 2. The maximum absolute atomic E-state index is 10.9.